The van der Waals surface area contributed by atoms with Crippen molar-refractivity contribution in [3.8, 4) is 0 Å². The number of fused-ring (bicyclic) bond motifs is 5. The molecule has 3 heterocycles. The van der Waals surface area contributed by atoms with Crippen molar-refractivity contribution in [1.29, 1.82) is 0 Å². The van der Waals surface area contributed by atoms with Gasteiger partial charge in [0.15, 0.2) is 0 Å². The van der Waals surface area contributed by atoms with Crippen LogP contribution in [0.5, 0.6) is 0 Å². The topological polar surface area (TPSA) is 41.6 Å². The van der Waals surface area contributed by atoms with Crippen LogP contribution in [0.4, 0.5) is 5.69 Å². The van der Waals surface area contributed by atoms with Gasteiger partial charge in [0.05, 0.1) is 12.7 Å². The van der Waals surface area contributed by atoms with Crippen molar-refractivity contribution in [1.82, 2.24) is 4.90 Å². The van der Waals surface area contributed by atoms with Gasteiger partial charge in [-0.1, -0.05) is 24.3 Å². The minimum Gasteiger partial charge on any atom is -0.376 e. The summed E-state index contributed by atoms with van der Waals surface area (Å²) in [7, 11) is 2.21. The Morgan fingerprint density at radius 2 is 2.25 bits per heavy atom. The van der Waals surface area contributed by atoms with Crippen LogP contribution in [-0.4, -0.2) is 43.2 Å². The van der Waals surface area contributed by atoms with Crippen LogP contribution in [0.1, 0.15) is 12.0 Å². The zero-order valence-corrected chi connectivity index (χ0v) is 13.9. The van der Waals surface area contributed by atoms with Crippen LogP contribution in [0.25, 0.3) is 0 Å². The van der Waals surface area contributed by atoms with Gasteiger partial charge in [-0.3, -0.25) is 4.79 Å². The summed E-state index contributed by atoms with van der Waals surface area (Å²) in [5.74, 6) is 1.56. The molecule has 2 aliphatic carbocycles. The van der Waals surface area contributed by atoms with Crippen LogP contribution in [0.15, 0.2) is 36.9 Å². The third-order valence-corrected chi connectivity index (χ3v) is 7.93. The van der Waals surface area contributed by atoms with Crippen molar-refractivity contribution in [2.75, 3.05) is 25.5 Å². The fourth-order valence-electron chi connectivity index (χ4n) is 7.38. The number of likely N-dealkylation sites (tertiary alicyclic amines) is 1. The third-order valence-electron chi connectivity index (χ3n) is 7.93. The lowest BCUT2D eigenvalue weighted by molar-refractivity contribution is -0.153. The van der Waals surface area contributed by atoms with Crippen molar-refractivity contribution in [3.05, 3.63) is 42.5 Å². The molecule has 1 N–H and O–H groups in total. The van der Waals surface area contributed by atoms with Gasteiger partial charge in [-0.05, 0) is 31.0 Å². The standard InChI is InChI=1S/C20H22N2O2/c1-3-19-10-22(2)16-11-9-24-15(8-13(11)19)20(17(16)19)12-6-4-5-7-14(12)21-18(20)23/h3-7,11,13,15-17H,1,8-10H2,2H3,(H,21,23)/t11-,13+,15+,16?,17-,19?,20-/m0/s1. The maximum Gasteiger partial charge on any atom is 0.238 e. The first-order chi connectivity index (χ1) is 11.6. The molecule has 3 aliphatic heterocycles. The average Bonchev–Trinajstić information content (AvgIpc) is 3.08. The smallest absolute Gasteiger partial charge is 0.238 e. The second-order valence-electron chi connectivity index (χ2n) is 8.40. The molecule has 2 unspecified atom stereocenters. The quantitative estimate of drug-likeness (QED) is 0.805. The van der Waals surface area contributed by atoms with E-state index in [9.17, 15) is 4.79 Å². The van der Waals surface area contributed by atoms with E-state index in [0.717, 1.165) is 30.8 Å². The first-order valence-corrected chi connectivity index (χ1v) is 9.01. The van der Waals surface area contributed by atoms with Crippen LogP contribution < -0.4 is 5.32 Å². The first kappa shape index (κ1) is 13.6. The molecule has 6 rings (SSSR count). The number of para-hydroxylation sites is 1. The monoisotopic (exact) mass is 322 g/mol. The molecular weight excluding hydrogens is 300 g/mol. The molecule has 4 heteroatoms. The maximum absolute atomic E-state index is 13.4. The van der Waals surface area contributed by atoms with Gasteiger partial charge in [0.2, 0.25) is 5.91 Å². The number of nitrogens with zero attached hydrogens (tertiary/aromatic N) is 1. The summed E-state index contributed by atoms with van der Waals surface area (Å²) >= 11 is 0. The molecule has 0 aromatic heterocycles. The predicted octanol–water partition coefficient (Wildman–Crippen LogP) is 2.03. The second kappa shape index (κ2) is 3.94. The summed E-state index contributed by atoms with van der Waals surface area (Å²) < 4.78 is 6.34. The van der Waals surface area contributed by atoms with Gasteiger partial charge < -0.3 is 15.0 Å². The fraction of sp³-hybridized carbons (Fsp3) is 0.550. The second-order valence-corrected chi connectivity index (χ2v) is 8.40. The SMILES string of the molecule is C=CC12CN(C)C3[C@H]4CO[C@H](C[C@H]41)[C@]1(C(=O)Nc4ccccc41)[C@@H]32. The maximum atomic E-state index is 13.4. The van der Waals surface area contributed by atoms with Crippen molar-refractivity contribution < 1.29 is 9.53 Å². The van der Waals surface area contributed by atoms with Gasteiger partial charge in [-0.2, -0.15) is 0 Å². The Labute approximate surface area is 141 Å². The number of anilines is 1. The van der Waals surface area contributed by atoms with Crippen molar-refractivity contribution in [3.63, 3.8) is 0 Å². The number of carbonyl (C=O) groups excluding carboxylic acids is 1. The molecule has 1 spiro atoms. The highest BCUT2D eigenvalue weighted by Gasteiger charge is 2.79. The van der Waals surface area contributed by atoms with Crippen molar-refractivity contribution in [2.45, 2.75) is 24.0 Å². The lowest BCUT2D eigenvalue weighted by atomic mass is 9.51. The first-order valence-electron chi connectivity index (χ1n) is 9.01. The van der Waals surface area contributed by atoms with Gasteiger partial charge in [-0.15, -0.1) is 6.58 Å². The minimum atomic E-state index is -0.554. The number of rotatable bonds is 1. The number of ether oxygens (including phenoxy) is 1. The van der Waals surface area contributed by atoms with E-state index in [1.165, 1.54) is 0 Å². The van der Waals surface area contributed by atoms with Gasteiger partial charge in [0.25, 0.3) is 0 Å². The Balaban J connectivity index is 1.69. The molecule has 7 atom stereocenters. The summed E-state index contributed by atoms with van der Waals surface area (Å²) in [6.45, 7) is 6.06. The molecule has 5 aliphatic rings. The molecular formula is C20H22N2O2. The molecule has 4 fully saturated rings. The highest BCUT2D eigenvalue weighted by atomic mass is 16.5. The Morgan fingerprint density at radius 3 is 3.08 bits per heavy atom. The van der Waals surface area contributed by atoms with Crippen LogP contribution >= 0.6 is 0 Å². The predicted molar refractivity (Wildman–Crippen MR) is 90.6 cm³/mol. The van der Waals surface area contributed by atoms with E-state index in [2.05, 4.69) is 42.1 Å². The highest BCUT2D eigenvalue weighted by molar-refractivity contribution is 6.07. The molecule has 2 saturated heterocycles. The van der Waals surface area contributed by atoms with Crippen molar-refractivity contribution >= 4 is 11.6 Å². The number of hydrogen-bond acceptors (Lipinski definition) is 3. The zero-order valence-electron chi connectivity index (χ0n) is 13.9. The number of nitrogens with one attached hydrogen (secondary N) is 1. The molecule has 2 saturated carbocycles. The Kier molecular flexibility index (Phi) is 2.24. The van der Waals surface area contributed by atoms with E-state index in [4.69, 9.17) is 4.74 Å². The molecule has 5 bridgehead atoms. The van der Waals surface area contributed by atoms with E-state index in [1.54, 1.807) is 0 Å². The molecule has 0 radical (unpaired) electrons. The lowest BCUT2D eigenvalue weighted by Gasteiger charge is -2.54. The fourth-order valence-corrected chi connectivity index (χ4v) is 7.38. The molecule has 124 valence electrons. The van der Waals surface area contributed by atoms with Crippen LogP contribution in [0, 0.1) is 23.2 Å². The number of amides is 1. The Hall–Kier alpha value is -1.65. The number of carbonyl (C=O) groups is 1. The Morgan fingerprint density at radius 1 is 1.42 bits per heavy atom. The van der Waals surface area contributed by atoms with Gasteiger partial charge in [0.1, 0.15) is 5.41 Å². The third kappa shape index (κ3) is 1.12. The van der Waals surface area contributed by atoms with E-state index in [0.29, 0.717) is 17.9 Å². The molecule has 1 aromatic carbocycles. The van der Waals surface area contributed by atoms with E-state index in [-0.39, 0.29) is 23.3 Å². The van der Waals surface area contributed by atoms with E-state index < -0.39 is 5.41 Å². The minimum absolute atomic E-state index is 0.00280. The van der Waals surface area contributed by atoms with E-state index in [1.807, 2.05) is 12.1 Å². The van der Waals surface area contributed by atoms with E-state index >= 15 is 0 Å². The average molecular weight is 322 g/mol. The summed E-state index contributed by atoms with van der Waals surface area (Å²) in [6, 6.07) is 8.64. The molecule has 4 nitrogen and oxygen atoms in total. The summed E-state index contributed by atoms with van der Waals surface area (Å²) in [6.07, 6.45) is 3.17. The van der Waals surface area contributed by atoms with Crippen LogP contribution in [-0.2, 0) is 14.9 Å². The van der Waals surface area contributed by atoms with Gasteiger partial charge in [0, 0.05) is 35.5 Å². The lowest BCUT2D eigenvalue weighted by Crippen LogP contribution is -2.62. The zero-order chi connectivity index (χ0) is 16.3. The number of piperidine rings is 1. The van der Waals surface area contributed by atoms with Crippen molar-refractivity contribution in [2.24, 2.45) is 23.2 Å². The Bertz CT molecular complexity index is 792. The summed E-state index contributed by atoms with van der Waals surface area (Å²) in [5.41, 5.74) is 1.61. The van der Waals surface area contributed by atoms with Gasteiger partial charge in [-0.25, -0.2) is 0 Å². The number of benzene rings is 1. The normalized spacial score (nSPS) is 50.4. The van der Waals surface area contributed by atoms with Crippen LogP contribution in [0.2, 0.25) is 0 Å². The largest absolute Gasteiger partial charge is 0.376 e. The van der Waals surface area contributed by atoms with Gasteiger partial charge >= 0.3 is 0 Å². The number of hydrogen-bond donors (Lipinski definition) is 1. The molecule has 1 amide bonds. The summed E-state index contributed by atoms with van der Waals surface area (Å²) in [5, 5.41) is 3.18. The van der Waals surface area contributed by atoms with Crippen LogP contribution in [0.3, 0.4) is 0 Å². The summed E-state index contributed by atoms with van der Waals surface area (Å²) in [4.78, 5) is 15.9. The molecule has 24 heavy (non-hydrogen) atoms. The molecule has 1 aromatic rings. The highest BCUT2D eigenvalue weighted by Crippen LogP contribution is 2.73.